The Hall–Kier alpha value is -2.20. The lowest BCUT2D eigenvalue weighted by molar-refractivity contribution is 0.0862. The molecule has 0 radical (unpaired) electrons. The van der Waals surface area contributed by atoms with Crippen molar-refractivity contribution in [2.45, 2.75) is 19.1 Å². The first-order valence-corrected chi connectivity index (χ1v) is 7.30. The maximum absolute atomic E-state index is 6.00. The van der Waals surface area contributed by atoms with Crippen molar-refractivity contribution in [1.29, 1.82) is 0 Å². The van der Waals surface area contributed by atoms with Crippen molar-refractivity contribution in [2.75, 3.05) is 21.3 Å². The van der Waals surface area contributed by atoms with Crippen molar-refractivity contribution < 1.29 is 18.9 Å². The van der Waals surface area contributed by atoms with Crippen LogP contribution in [0.3, 0.4) is 0 Å². The van der Waals surface area contributed by atoms with E-state index in [0.717, 1.165) is 44.7 Å². The summed E-state index contributed by atoms with van der Waals surface area (Å²) in [6.45, 7) is 2.07. The van der Waals surface area contributed by atoms with Gasteiger partial charge in [-0.05, 0) is 18.6 Å². The van der Waals surface area contributed by atoms with Crippen molar-refractivity contribution in [3.8, 4) is 17.2 Å². The zero-order valence-corrected chi connectivity index (χ0v) is 13.1. The molecular weight excluding hydrogens is 280 g/mol. The van der Waals surface area contributed by atoms with E-state index in [1.165, 1.54) is 0 Å². The molecule has 2 aromatic rings. The minimum atomic E-state index is -0.0709. The zero-order valence-electron chi connectivity index (χ0n) is 13.1. The van der Waals surface area contributed by atoms with Crippen LogP contribution in [0.1, 0.15) is 28.9 Å². The average Bonchev–Trinajstić information content (AvgIpc) is 3.15. The molecule has 2 aromatic carbocycles. The molecule has 0 amide bonds. The van der Waals surface area contributed by atoms with Crippen molar-refractivity contribution in [1.82, 2.24) is 0 Å². The molecule has 0 saturated heterocycles. The lowest BCUT2D eigenvalue weighted by Crippen LogP contribution is -2.04. The summed E-state index contributed by atoms with van der Waals surface area (Å²) in [4.78, 5) is 0. The highest BCUT2D eigenvalue weighted by molar-refractivity contribution is 6.03. The molecule has 0 aliphatic carbocycles. The first-order valence-electron chi connectivity index (χ1n) is 7.30. The quantitative estimate of drug-likeness (QED) is 0.806. The van der Waals surface area contributed by atoms with Gasteiger partial charge in [-0.3, -0.25) is 0 Å². The minimum Gasteiger partial charge on any atom is -0.496 e. The second-order valence-corrected chi connectivity index (χ2v) is 5.59. The molecule has 22 heavy (non-hydrogen) atoms. The summed E-state index contributed by atoms with van der Waals surface area (Å²) in [6.07, 6.45) is 4.02. The molecule has 2 aliphatic rings. The van der Waals surface area contributed by atoms with E-state index in [1.807, 2.05) is 12.1 Å². The third kappa shape index (κ3) is 1.50. The van der Waals surface area contributed by atoms with E-state index in [2.05, 4.69) is 19.1 Å². The second kappa shape index (κ2) is 4.65. The average molecular weight is 298 g/mol. The lowest BCUT2D eigenvalue weighted by Gasteiger charge is -2.21. The molecule has 2 bridgehead atoms. The fourth-order valence-electron chi connectivity index (χ4n) is 3.66. The maximum Gasteiger partial charge on any atom is 0.137 e. The smallest absolute Gasteiger partial charge is 0.137 e. The van der Waals surface area contributed by atoms with Crippen LogP contribution in [0.2, 0.25) is 0 Å². The van der Waals surface area contributed by atoms with E-state index in [9.17, 15) is 0 Å². The number of rotatable bonds is 3. The van der Waals surface area contributed by atoms with Gasteiger partial charge in [0.15, 0.2) is 0 Å². The number of ether oxygens (including phenoxy) is 4. The topological polar surface area (TPSA) is 36.9 Å². The van der Waals surface area contributed by atoms with E-state index in [1.54, 1.807) is 21.3 Å². The molecule has 0 spiro atoms. The van der Waals surface area contributed by atoms with Crippen molar-refractivity contribution in [2.24, 2.45) is 0 Å². The predicted molar refractivity (Wildman–Crippen MR) is 84.0 cm³/mol. The molecule has 0 aromatic heterocycles. The molecule has 0 saturated carbocycles. The molecule has 2 atom stereocenters. The highest BCUT2D eigenvalue weighted by Gasteiger charge is 2.41. The van der Waals surface area contributed by atoms with Gasteiger partial charge in [-0.15, -0.1) is 0 Å². The van der Waals surface area contributed by atoms with Crippen LogP contribution in [-0.2, 0) is 4.74 Å². The van der Waals surface area contributed by atoms with Gasteiger partial charge in [0.2, 0.25) is 0 Å². The molecule has 2 heterocycles. The van der Waals surface area contributed by atoms with Crippen LogP contribution < -0.4 is 14.2 Å². The maximum atomic E-state index is 6.00. The van der Waals surface area contributed by atoms with Crippen molar-refractivity contribution >= 4 is 10.8 Å². The Morgan fingerprint density at radius 3 is 1.95 bits per heavy atom. The number of benzene rings is 2. The number of aryl methyl sites for hydroxylation is 1. The molecule has 2 aliphatic heterocycles. The number of hydrogen-bond donors (Lipinski definition) is 0. The van der Waals surface area contributed by atoms with Crippen LogP contribution in [0.5, 0.6) is 17.2 Å². The Balaban J connectivity index is 2.23. The monoisotopic (exact) mass is 298 g/mol. The van der Waals surface area contributed by atoms with E-state index < -0.39 is 0 Å². The summed E-state index contributed by atoms with van der Waals surface area (Å²) < 4.78 is 23.1. The van der Waals surface area contributed by atoms with Crippen LogP contribution in [0.4, 0.5) is 0 Å². The van der Waals surface area contributed by atoms with Crippen LogP contribution >= 0.6 is 0 Å². The number of methoxy groups -OCH3 is 3. The zero-order chi connectivity index (χ0) is 15.4. The first-order chi connectivity index (χ1) is 10.7. The van der Waals surface area contributed by atoms with Crippen LogP contribution in [0.25, 0.3) is 10.8 Å². The molecule has 4 nitrogen and oxygen atoms in total. The molecule has 114 valence electrons. The highest BCUT2D eigenvalue weighted by Crippen LogP contribution is 2.58. The Kier molecular flexibility index (Phi) is 2.84. The summed E-state index contributed by atoms with van der Waals surface area (Å²) in [5.41, 5.74) is 3.26. The summed E-state index contributed by atoms with van der Waals surface area (Å²) in [6, 6.07) is 4.01. The van der Waals surface area contributed by atoms with Gasteiger partial charge in [0.25, 0.3) is 0 Å². The van der Waals surface area contributed by atoms with Gasteiger partial charge in [-0.2, -0.15) is 0 Å². The Morgan fingerprint density at radius 1 is 0.818 bits per heavy atom. The predicted octanol–water partition coefficient (Wildman–Crippen LogP) is 3.86. The standard InChI is InChI=1S/C18H18O4/c1-9-5-6-10(19-2)14-13(9)17(20-3)15-11-7-8-12(22-11)16(15)18(14)21-4/h5-8,11-12H,1-4H3/t11-,12+/m1/s1. The number of hydrogen-bond acceptors (Lipinski definition) is 4. The van der Waals surface area contributed by atoms with Crippen molar-refractivity contribution in [3.63, 3.8) is 0 Å². The molecule has 4 rings (SSSR count). The third-order valence-electron chi connectivity index (χ3n) is 4.56. The van der Waals surface area contributed by atoms with Gasteiger partial charge in [0.05, 0.1) is 26.7 Å². The van der Waals surface area contributed by atoms with E-state index in [4.69, 9.17) is 18.9 Å². The van der Waals surface area contributed by atoms with Crippen molar-refractivity contribution in [3.05, 3.63) is 41.0 Å². The molecule has 0 fully saturated rings. The SMILES string of the molecule is COc1ccc(C)c2c(OC)c3c(c(OC)c12)[C@@H]1C=C[C@H]3O1. The Bertz CT molecular complexity index is 807. The summed E-state index contributed by atoms with van der Waals surface area (Å²) >= 11 is 0. The van der Waals surface area contributed by atoms with Crippen LogP contribution in [-0.4, -0.2) is 21.3 Å². The van der Waals surface area contributed by atoms with Crippen LogP contribution in [0.15, 0.2) is 24.3 Å². The molecular formula is C18H18O4. The third-order valence-corrected chi connectivity index (χ3v) is 4.56. The first kappa shape index (κ1) is 13.5. The number of fused-ring (bicyclic) bond motifs is 6. The fourth-order valence-corrected chi connectivity index (χ4v) is 3.66. The van der Waals surface area contributed by atoms with Gasteiger partial charge in [0, 0.05) is 16.5 Å². The molecule has 0 N–H and O–H groups in total. The summed E-state index contributed by atoms with van der Waals surface area (Å²) in [5.74, 6) is 2.47. The van der Waals surface area contributed by atoms with Gasteiger partial charge in [0.1, 0.15) is 29.5 Å². The Morgan fingerprint density at radius 2 is 1.41 bits per heavy atom. The van der Waals surface area contributed by atoms with Gasteiger partial charge in [-0.25, -0.2) is 0 Å². The minimum absolute atomic E-state index is 0.0566. The van der Waals surface area contributed by atoms with E-state index >= 15 is 0 Å². The second-order valence-electron chi connectivity index (χ2n) is 5.59. The van der Waals surface area contributed by atoms with E-state index in [0.29, 0.717) is 0 Å². The Labute approximate surface area is 129 Å². The summed E-state index contributed by atoms with van der Waals surface area (Å²) in [7, 11) is 5.07. The normalized spacial score (nSPS) is 21.3. The lowest BCUT2D eigenvalue weighted by atomic mass is 9.89. The highest BCUT2D eigenvalue weighted by atomic mass is 16.5. The molecule has 0 unspecified atom stereocenters. The van der Waals surface area contributed by atoms with Crippen LogP contribution in [0, 0.1) is 6.92 Å². The largest absolute Gasteiger partial charge is 0.496 e. The van der Waals surface area contributed by atoms with Gasteiger partial charge < -0.3 is 18.9 Å². The summed E-state index contributed by atoms with van der Waals surface area (Å²) in [5, 5.41) is 1.98. The fraction of sp³-hybridized carbons (Fsp3) is 0.333. The van der Waals surface area contributed by atoms with Gasteiger partial charge >= 0.3 is 0 Å². The van der Waals surface area contributed by atoms with E-state index in [-0.39, 0.29) is 12.2 Å². The van der Waals surface area contributed by atoms with Gasteiger partial charge in [-0.1, -0.05) is 18.2 Å². The molecule has 4 heteroatoms.